The highest BCUT2D eigenvalue weighted by Crippen LogP contribution is 2.24. The lowest BCUT2D eigenvalue weighted by Gasteiger charge is -2.12. The summed E-state index contributed by atoms with van der Waals surface area (Å²) in [5, 5.41) is 11.4. The molecule has 1 aromatic carbocycles. The fourth-order valence-corrected chi connectivity index (χ4v) is 1.86. The normalized spacial score (nSPS) is 10.7. The predicted molar refractivity (Wildman–Crippen MR) is 76.8 cm³/mol. The Hall–Kier alpha value is -2.04. The van der Waals surface area contributed by atoms with E-state index in [0.29, 0.717) is 30.8 Å². The molecule has 5 nitrogen and oxygen atoms in total. The quantitative estimate of drug-likeness (QED) is 0.261. The molecule has 0 atom stereocenters. The molecular weight excluding hydrogens is 258 g/mol. The first-order valence-corrected chi connectivity index (χ1v) is 6.73. The van der Waals surface area contributed by atoms with E-state index in [4.69, 9.17) is 14.7 Å². The van der Waals surface area contributed by atoms with E-state index in [1.165, 1.54) is 6.21 Å². The van der Waals surface area contributed by atoms with E-state index in [0.717, 1.165) is 18.4 Å². The van der Waals surface area contributed by atoms with Crippen molar-refractivity contribution in [3.63, 3.8) is 0 Å². The molecule has 0 aliphatic heterocycles. The van der Waals surface area contributed by atoms with Gasteiger partial charge in [-0.15, -0.1) is 5.16 Å². The minimum Gasteiger partial charge on any atom is -0.496 e. The number of benzene rings is 1. The molecule has 110 valence electrons. The third-order valence-electron chi connectivity index (χ3n) is 2.91. The minimum absolute atomic E-state index is 0.340. The topological polar surface area (TPSA) is 68.1 Å². The average Bonchev–Trinajstić information content (AvgIpc) is 2.47. The van der Waals surface area contributed by atoms with Gasteiger partial charge in [0.05, 0.1) is 19.3 Å². The summed E-state index contributed by atoms with van der Waals surface area (Å²) in [5.41, 5.74) is 1.28. The van der Waals surface area contributed by atoms with Crippen LogP contribution in [0.1, 0.15) is 42.1 Å². The van der Waals surface area contributed by atoms with Crippen molar-refractivity contribution >= 4 is 12.2 Å². The van der Waals surface area contributed by atoms with Gasteiger partial charge in [0.1, 0.15) is 5.75 Å². The molecule has 0 saturated carbocycles. The van der Waals surface area contributed by atoms with Gasteiger partial charge in [-0.25, -0.2) is 4.79 Å². The van der Waals surface area contributed by atoms with E-state index in [1.54, 1.807) is 25.3 Å². The van der Waals surface area contributed by atoms with Gasteiger partial charge >= 0.3 is 5.97 Å². The van der Waals surface area contributed by atoms with Crippen LogP contribution in [0.4, 0.5) is 0 Å². The number of carbonyl (C=O) groups is 1. The van der Waals surface area contributed by atoms with Crippen molar-refractivity contribution in [1.82, 2.24) is 0 Å². The first kappa shape index (κ1) is 16.0. The Bertz CT molecular complexity index is 457. The number of methoxy groups -OCH3 is 1. The van der Waals surface area contributed by atoms with Crippen LogP contribution in [0.5, 0.6) is 5.75 Å². The molecule has 5 heteroatoms. The highest BCUT2D eigenvalue weighted by Gasteiger charge is 2.16. The van der Waals surface area contributed by atoms with Gasteiger partial charge in [0, 0.05) is 11.8 Å². The summed E-state index contributed by atoms with van der Waals surface area (Å²) in [7, 11) is 1.56. The number of ether oxygens (including phenoxy) is 2. The number of hydrogen-bond acceptors (Lipinski definition) is 5. The van der Waals surface area contributed by atoms with Gasteiger partial charge in [0.25, 0.3) is 0 Å². The number of carbonyl (C=O) groups excluding carboxylic acids is 1. The summed E-state index contributed by atoms with van der Waals surface area (Å²) in [5.74, 6) is 0.301. The molecule has 0 saturated heterocycles. The summed E-state index contributed by atoms with van der Waals surface area (Å²) in [6, 6.07) is 5.29. The van der Waals surface area contributed by atoms with Crippen LogP contribution in [0.3, 0.4) is 0 Å². The average molecular weight is 279 g/mol. The second kappa shape index (κ2) is 8.96. The fraction of sp³-hybridized carbons (Fsp3) is 0.467. The maximum absolute atomic E-state index is 12.1. The van der Waals surface area contributed by atoms with Gasteiger partial charge in [0.2, 0.25) is 0 Å². The molecule has 0 fully saturated rings. The lowest BCUT2D eigenvalue weighted by molar-refractivity contribution is 0.0498. The van der Waals surface area contributed by atoms with E-state index in [1.807, 2.05) is 6.92 Å². The summed E-state index contributed by atoms with van der Waals surface area (Å²) in [6.45, 7) is 2.46. The molecule has 1 rings (SSSR count). The Kier molecular flexibility index (Phi) is 7.17. The van der Waals surface area contributed by atoms with E-state index >= 15 is 0 Å². The Morgan fingerprint density at radius 2 is 2.25 bits per heavy atom. The summed E-state index contributed by atoms with van der Waals surface area (Å²) in [4.78, 5) is 12.1. The van der Waals surface area contributed by atoms with Crippen molar-refractivity contribution in [3.8, 4) is 5.75 Å². The van der Waals surface area contributed by atoms with Crippen molar-refractivity contribution in [2.45, 2.75) is 32.6 Å². The number of esters is 1. The van der Waals surface area contributed by atoms with Gasteiger partial charge < -0.3 is 14.7 Å². The smallest absolute Gasteiger partial charge is 0.338 e. The molecule has 1 aromatic rings. The minimum atomic E-state index is -0.340. The molecule has 0 aliphatic rings. The lowest BCUT2D eigenvalue weighted by Crippen LogP contribution is -2.10. The highest BCUT2D eigenvalue weighted by atomic mass is 16.5. The van der Waals surface area contributed by atoms with Gasteiger partial charge in [-0.1, -0.05) is 19.4 Å². The van der Waals surface area contributed by atoms with E-state index in [-0.39, 0.29) is 5.97 Å². The van der Waals surface area contributed by atoms with Crippen LogP contribution in [-0.4, -0.2) is 31.1 Å². The Morgan fingerprint density at radius 1 is 1.45 bits per heavy atom. The largest absolute Gasteiger partial charge is 0.496 e. The van der Waals surface area contributed by atoms with Crippen molar-refractivity contribution in [3.05, 3.63) is 29.3 Å². The molecule has 0 bridgehead atoms. The Labute approximate surface area is 119 Å². The number of oxime groups is 1. The second-order valence-electron chi connectivity index (χ2n) is 4.31. The molecule has 20 heavy (non-hydrogen) atoms. The second-order valence-corrected chi connectivity index (χ2v) is 4.31. The monoisotopic (exact) mass is 279 g/mol. The molecule has 0 amide bonds. The van der Waals surface area contributed by atoms with Crippen LogP contribution in [0, 0.1) is 0 Å². The highest BCUT2D eigenvalue weighted by molar-refractivity contribution is 5.92. The zero-order valence-corrected chi connectivity index (χ0v) is 12.0. The van der Waals surface area contributed by atoms with Gasteiger partial charge in [0.15, 0.2) is 0 Å². The van der Waals surface area contributed by atoms with Gasteiger partial charge in [-0.3, -0.25) is 0 Å². The fourth-order valence-electron chi connectivity index (χ4n) is 1.86. The molecule has 0 unspecified atom stereocenters. The van der Waals surface area contributed by atoms with Gasteiger partial charge in [-0.05, 0) is 31.4 Å². The van der Waals surface area contributed by atoms with E-state index in [2.05, 4.69) is 5.16 Å². The van der Waals surface area contributed by atoms with Gasteiger partial charge in [-0.2, -0.15) is 0 Å². The molecule has 0 radical (unpaired) electrons. The maximum Gasteiger partial charge on any atom is 0.338 e. The number of unbranched alkanes of at least 4 members (excludes halogenated alkanes) is 1. The molecule has 0 aromatic heterocycles. The Morgan fingerprint density at radius 3 is 2.90 bits per heavy atom. The van der Waals surface area contributed by atoms with Crippen molar-refractivity contribution < 1.29 is 19.5 Å². The summed E-state index contributed by atoms with van der Waals surface area (Å²) >= 11 is 0. The van der Waals surface area contributed by atoms with Crippen LogP contribution < -0.4 is 4.74 Å². The lowest BCUT2D eigenvalue weighted by atomic mass is 10.0. The third-order valence-corrected chi connectivity index (χ3v) is 2.91. The molecule has 0 heterocycles. The standard InChI is InChI=1S/C15H21NO4/c1-3-4-11-20-15(17)13-7-5-9-14(19-2)12(13)8-6-10-16-18/h5,7,9-10,18H,3-4,6,8,11H2,1-2H3. The first-order chi connectivity index (χ1) is 9.74. The van der Waals surface area contributed by atoms with Crippen molar-refractivity contribution in [2.24, 2.45) is 5.16 Å². The number of hydrogen-bond donors (Lipinski definition) is 1. The molecular formula is C15H21NO4. The predicted octanol–water partition coefficient (Wildman–Crippen LogP) is 3.04. The van der Waals surface area contributed by atoms with Crippen LogP contribution in [0.15, 0.2) is 23.4 Å². The van der Waals surface area contributed by atoms with Crippen LogP contribution in [-0.2, 0) is 11.2 Å². The molecule has 1 N–H and O–H groups in total. The number of rotatable bonds is 8. The maximum atomic E-state index is 12.1. The van der Waals surface area contributed by atoms with E-state index in [9.17, 15) is 4.79 Å². The zero-order valence-electron chi connectivity index (χ0n) is 12.0. The first-order valence-electron chi connectivity index (χ1n) is 6.73. The summed E-state index contributed by atoms with van der Waals surface area (Å²) in [6.07, 6.45) is 4.28. The molecule has 0 spiro atoms. The summed E-state index contributed by atoms with van der Waals surface area (Å²) < 4.78 is 10.5. The Balaban J connectivity index is 2.89. The zero-order chi connectivity index (χ0) is 14.8. The van der Waals surface area contributed by atoms with E-state index < -0.39 is 0 Å². The van der Waals surface area contributed by atoms with Crippen molar-refractivity contribution in [2.75, 3.05) is 13.7 Å². The number of nitrogens with zero attached hydrogens (tertiary/aromatic N) is 1. The van der Waals surface area contributed by atoms with Crippen molar-refractivity contribution in [1.29, 1.82) is 0 Å². The third kappa shape index (κ3) is 4.57. The molecule has 0 aliphatic carbocycles. The van der Waals surface area contributed by atoms with Crippen LogP contribution in [0.25, 0.3) is 0 Å². The SMILES string of the molecule is CCCCOC(=O)c1cccc(OC)c1CCC=NO. The van der Waals surface area contributed by atoms with Crippen LogP contribution in [0.2, 0.25) is 0 Å². The van der Waals surface area contributed by atoms with Crippen LogP contribution >= 0.6 is 0 Å².